The number of nitrogens with zero attached hydrogens (tertiary/aromatic N) is 1. The normalized spacial score (nSPS) is 14.8. The number of ether oxygens (including phenoxy) is 1. The van der Waals surface area contributed by atoms with Crippen molar-refractivity contribution in [3.63, 3.8) is 0 Å². The molecule has 0 bridgehead atoms. The van der Waals surface area contributed by atoms with E-state index in [9.17, 15) is 9.59 Å². The number of aromatic nitrogens is 1. The lowest BCUT2D eigenvalue weighted by Crippen LogP contribution is -2.25. The van der Waals surface area contributed by atoms with E-state index in [0.717, 1.165) is 5.39 Å². The first-order valence-electron chi connectivity index (χ1n) is 4.86. The maximum Gasteiger partial charge on any atom is 0.358 e. The molecule has 0 N–H and O–H groups in total. The van der Waals surface area contributed by atoms with Gasteiger partial charge in [-0.05, 0) is 12.1 Å². The molecule has 0 radical (unpaired) electrons. The van der Waals surface area contributed by atoms with Crippen molar-refractivity contribution in [3.8, 4) is 0 Å². The van der Waals surface area contributed by atoms with Crippen LogP contribution in [0.2, 0.25) is 0 Å². The summed E-state index contributed by atoms with van der Waals surface area (Å²) in [6, 6.07) is 9.04. The SMILES string of the molecule is O=C1COC(=O)c2nc3ccccc3cc21. The fourth-order valence-electron chi connectivity index (χ4n) is 1.76. The van der Waals surface area contributed by atoms with Crippen molar-refractivity contribution in [1.29, 1.82) is 0 Å². The van der Waals surface area contributed by atoms with E-state index in [4.69, 9.17) is 4.74 Å². The number of benzene rings is 1. The van der Waals surface area contributed by atoms with Crippen LogP contribution in [0.25, 0.3) is 10.9 Å². The van der Waals surface area contributed by atoms with E-state index in [0.29, 0.717) is 11.1 Å². The number of cyclic esters (lactones) is 1. The highest BCUT2D eigenvalue weighted by molar-refractivity contribution is 6.11. The fourth-order valence-corrected chi connectivity index (χ4v) is 1.76. The number of carbonyl (C=O) groups excluding carboxylic acids is 2. The lowest BCUT2D eigenvalue weighted by Gasteiger charge is -2.14. The molecule has 1 aromatic carbocycles. The summed E-state index contributed by atoms with van der Waals surface area (Å²) in [6.07, 6.45) is 0. The van der Waals surface area contributed by atoms with Crippen molar-refractivity contribution in [2.24, 2.45) is 0 Å². The summed E-state index contributed by atoms with van der Waals surface area (Å²) in [7, 11) is 0. The zero-order valence-corrected chi connectivity index (χ0v) is 8.27. The standard InChI is InChI=1S/C12H7NO3/c14-10-6-16-12(15)11-8(10)5-7-3-1-2-4-9(7)13-11/h1-5H,6H2. The van der Waals surface area contributed by atoms with Crippen molar-refractivity contribution in [2.45, 2.75) is 0 Å². The molecule has 0 aliphatic carbocycles. The average Bonchev–Trinajstić information content (AvgIpc) is 2.32. The molecule has 1 aromatic heterocycles. The number of carbonyl (C=O) groups is 2. The molecule has 0 amide bonds. The van der Waals surface area contributed by atoms with E-state index in [1.165, 1.54) is 0 Å². The van der Waals surface area contributed by atoms with Crippen LogP contribution in [0, 0.1) is 0 Å². The first-order valence-corrected chi connectivity index (χ1v) is 4.86. The number of esters is 1. The molecule has 16 heavy (non-hydrogen) atoms. The molecule has 0 saturated heterocycles. The number of hydrogen-bond donors (Lipinski definition) is 0. The van der Waals surface area contributed by atoms with Crippen molar-refractivity contribution in [2.75, 3.05) is 6.61 Å². The Morgan fingerprint density at radius 3 is 2.88 bits per heavy atom. The third-order valence-electron chi connectivity index (χ3n) is 2.55. The van der Waals surface area contributed by atoms with Crippen LogP contribution in [0.1, 0.15) is 20.8 Å². The van der Waals surface area contributed by atoms with E-state index in [1.807, 2.05) is 18.2 Å². The Bertz CT molecular complexity index is 564. The summed E-state index contributed by atoms with van der Waals surface area (Å²) in [6.45, 7) is -0.189. The largest absolute Gasteiger partial charge is 0.453 e. The smallest absolute Gasteiger partial charge is 0.358 e. The molecule has 4 nitrogen and oxygen atoms in total. The fraction of sp³-hybridized carbons (Fsp3) is 0.0833. The van der Waals surface area contributed by atoms with Gasteiger partial charge in [-0.15, -0.1) is 0 Å². The van der Waals surface area contributed by atoms with Crippen molar-refractivity contribution < 1.29 is 14.3 Å². The molecule has 0 atom stereocenters. The van der Waals surface area contributed by atoms with Gasteiger partial charge < -0.3 is 4.74 Å². The Hall–Kier alpha value is -2.23. The Labute approximate surface area is 90.9 Å². The molecule has 0 unspecified atom stereocenters. The van der Waals surface area contributed by atoms with E-state index >= 15 is 0 Å². The quantitative estimate of drug-likeness (QED) is 0.623. The predicted octanol–water partition coefficient (Wildman–Crippen LogP) is 1.59. The van der Waals surface area contributed by atoms with Gasteiger partial charge in [0.2, 0.25) is 5.78 Å². The van der Waals surface area contributed by atoms with Gasteiger partial charge in [0.15, 0.2) is 12.3 Å². The second kappa shape index (κ2) is 3.13. The minimum Gasteiger partial charge on any atom is -0.453 e. The number of ketones is 1. The van der Waals surface area contributed by atoms with Crippen molar-refractivity contribution in [3.05, 3.63) is 41.6 Å². The van der Waals surface area contributed by atoms with Gasteiger partial charge in [-0.3, -0.25) is 4.79 Å². The second-order valence-electron chi connectivity index (χ2n) is 3.58. The summed E-state index contributed by atoms with van der Waals surface area (Å²) >= 11 is 0. The Morgan fingerprint density at radius 2 is 2.00 bits per heavy atom. The predicted molar refractivity (Wildman–Crippen MR) is 56.4 cm³/mol. The van der Waals surface area contributed by atoms with Gasteiger partial charge in [-0.1, -0.05) is 18.2 Å². The van der Waals surface area contributed by atoms with Gasteiger partial charge >= 0.3 is 5.97 Å². The summed E-state index contributed by atoms with van der Waals surface area (Å²) in [5.41, 5.74) is 1.16. The molecular weight excluding hydrogens is 206 g/mol. The molecule has 2 aromatic rings. The second-order valence-corrected chi connectivity index (χ2v) is 3.58. The highest BCUT2D eigenvalue weighted by Gasteiger charge is 2.26. The van der Waals surface area contributed by atoms with E-state index in [1.54, 1.807) is 12.1 Å². The molecular formula is C12H7NO3. The van der Waals surface area contributed by atoms with Crippen molar-refractivity contribution >= 4 is 22.7 Å². The van der Waals surface area contributed by atoms with Crippen molar-refractivity contribution in [1.82, 2.24) is 4.98 Å². The molecule has 4 heteroatoms. The molecule has 78 valence electrons. The molecule has 3 rings (SSSR count). The monoisotopic (exact) mass is 213 g/mol. The highest BCUT2D eigenvalue weighted by Crippen LogP contribution is 2.20. The average molecular weight is 213 g/mol. The van der Waals surface area contributed by atoms with Gasteiger partial charge in [0, 0.05) is 5.39 Å². The molecule has 0 fully saturated rings. The number of pyridine rings is 1. The van der Waals surface area contributed by atoms with Gasteiger partial charge in [-0.2, -0.15) is 0 Å². The molecule has 1 aliphatic heterocycles. The molecule has 0 spiro atoms. The third-order valence-corrected chi connectivity index (χ3v) is 2.55. The molecule has 1 aliphatic rings. The van der Waals surface area contributed by atoms with E-state index in [-0.39, 0.29) is 18.1 Å². The lowest BCUT2D eigenvalue weighted by molar-refractivity contribution is 0.0436. The minimum absolute atomic E-state index is 0.120. The summed E-state index contributed by atoms with van der Waals surface area (Å²) in [4.78, 5) is 27.1. The van der Waals surface area contributed by atoms with Crippen LogP contribution < -0.4 is 0 Å². The van der Waals surface area contributed by atoms with Crippen LogP contribution >= 0.6 is 0 Å². The number of rotatable bonds is 0. The van der Waals surface area contributed by atoms with Crippen LogP contribution in [-0.4, -0.2) is 23.3 Å². The van der Waals surface area contributed by atoms with Crippen LogP contribution in [0.4, 0.5) is 0 Å². The first kappa shape index (κ1) is 9.03. The van der Waals surface area contributed by atoms with Crippen LogP contribution in [0.3, 0.4) is 0 Å². The molecule has 0 saturated carbocycles. The molecule has 2 heterocycles. The maximum absolute atomic E-state index is 11.6. The Kier molecular flexibility index (Phi) is 1.77. The van der Waals surface area contributed by atoms with Gasteiger partial charge in [0.05, 0.1) is 11.1 Å². The number of fused-ring (bicyclic) bond motifs is 2. The lowest BCUT2D eigenvalue weighted by atomic mass is 10.0. The van der Waals surface area contributed by atoms with Crippen LogP contribution in [0.15, 0.2) is 30.3 Å². The summed E-state index contributed by atoms with van der Waals surface area (Å²) in [5, 5.41) is 0.851. The number of para-hydroxylation sites is 1. The third kappa shape index (κ3) is 1.20. The Balaban J connectivity index is 2.37. The minimum atomic E-state index is -0.527. The zero-order chi connectivity index (χ0) is 11.1. The first-order chi connectivity index (χ1) is 7.75. The van der Waals surface area contributed by atoms with Crippen LogP contribution in [0.5, 0.6) is 0 Å². The maximum atomic E-state index is 11.6. The zero-order valence-electron chi connectivity index (χ0n) is 8.27. The van der Waals surface area contributed by atoms with Gasteiger partial charge in [-0.25, -0.2) is 9.78 Å². The summed E-state index contributed by atoms with van der Waals surface area (Å²) < 4.78 is 4.71. The van der Waals surface area contributed by atoms with Crippen LogP contribution in [-0.2, 0) is 4.74 Å². The van der Waals surface area contributed by atoms with E-state index in [2.05, 4.69) is 4.98 Å². The van der Waals surface area contributed by atoms with E-state index < -0.39 is 5.97 Å². The Morgan fingerprint density at radius 1 is 1.19 bits per heavy atom. The number of Topliss-reactive ketones (excluding diaryl/α,β-unsaturated/α-hetero) is 1. The van der Waals surface area contributed by atoms with Gasteiger partial charge in [0.25, 0.3) is 0 Å². The summed E-state index contributed by atoms with van der Waals surface area (Å²) in [5.74, 6) is -0.729. The van der Waals surface area contributed by atoms with Gasteiger partial charge in [0.1, 0.15) is 0 Å². The highest BCUT2D eigenvalue weighted by atomic mass is 16.5. The number of hydrogen-bond acceptors (Lipinski definition) is 4. The topological polar surface area (TPSA) is 56.3 Å².